The van der Waals surface area contributed by atoms with Crippen LogP contribution in [-0.2, 0) is 9.59 Å². The largest absolute Gasteiger partial charge is 0.492 e. The fraction of sp³-hybridized carbons (Fsp3) is 0.407. The molecule has 2 aromatic rings. The summed E-state index contributed by atoms with van der Waals surface area (Å²) in [5, 5.41) is 0. The number of carbonyl (C=O) groups excluding carboxylic acids is 2. The second-order valence-electron chi connectivity index (χ2n) is 9.24. The molecule has 2 aliphatic rings. The summed E-state index contributed by atoms with van der Waals surface area (Å²) in [7, 11) is 0. The van der Waals surface area contributed by atoms with Crippen molar-refractivity contribution >= 4 is 23.1 Å². The van der Waals surface area contributed by atoms with Crippen LogP contribution in [0.25, 0.3) is 5.57 Å². The zero-order valence-corrected chi connectivity index (χ0v) is 19.6. The molecule has 5 heteroatoms. The van der Waals surface area contributed by atoms with Crippen LogP contribution >= 0.6 is 0 Å². The standard InChI is InChI=1S/C27H32N2O3/c1-6-32-23-10-8-7-9-22(23)29-26(30)24(21-12-11-17(2)14-20(21)5)25(27(29)31)28-15-18(3)13-19(4)16-28/h7-12,14,18-19H,6,13,15-16H2,1-5H3. The predicted molar refractivity (Wildman–Crippen MR) is 127 cm³/mol. The van der Waals surface area contributed by atoms with Crippen LogP contribution in [0, 0.1) is 25.7 Å². The second-order valence-corrected chi connectivity index (χ2v) is 9.24. The normalized spacial score (nSPS) is 21.5. The molecule has 1 fully saturated rings. The molecule has 2 heterocycles. The number of hydrogen-bond acceptors (Lipinski definition) is 4. The van der Waals surface area contributed by atoms with Crippen LogP contribution < -0.4 is 9.64 Å². The molecule has 0 saturated carbocycles. The fourth-order valence-electron chi connectivity index (χ4n) is 5.13. The van der Waals surface area contributed by atoms with E-state index in [2.05, 4.69) is 24.8 Å². The van der Waals surface area contributed by atoms with Crippen LogP contribution in [0.4, 0.5) is 5.69 Å². The minimum Gasteiger partial charge on any atom is -0.492 e. The highest BCUT2D eigenvalue weighted by atomic mass is 16.5. The number of aryl methyl sites for hydroxylation is 2. The van der Waals surface area contributed by atoms with E-state index in [1.54, 1.807) is 12.1 Å². The van der Waals surface area contributed by atoms with Gasteiger partial charge < -0.3 is 9.64 Å². The molecule has 2 unspecified atom stereocenters. The summed E-state index contributed by atoms with van der Waals surface area (Å²) in [6.45, 7) is 12.4. The first-order valence-electron chi connectivity index (χ1n) is 11.5. The van der Waals surface area contributed by atoms with E-state index in [1.165, 1.54) is 4.90 Å². The topological polar surface area (TPSA) is 49.9 Å². The van der Waals surface area contributed by atoms with E-state index in [0.717, 1.165) is 36.2 Å². The Morgan fingerprint density at radius 2 is 1.66 bits per heavy atom. The molecule has 1 saturated heterocycles. The molecular formula is C27H32N2O3. The molecule has 4 rings (SSSR count). The number of ether oxygens (including phenoxy) is 1. The Hall–Kier alpha value is -3.08. The monoisotopic (exact) mass is 432 g/mol. The van der Waals surface area contributed by atoms with Gasteiger partial charge in [-0.15, -0.1) is 0 Å². The number of benzene rings is 2. The van der Waals surface area contributed by atoms with Crippen LogP contribution in [0.2, 0.25) is 0 Å². The van der Waals surface area contributed by atoms with Crippen LogP contribution in [0.15, 0.2) is 48.2 Å². The minimum absolute atomic E-state index is 0.265. The molecule has 2 aliphatic heterocycles. The summed E-state index contributed by atoms with van der Waals surface area (Å²) >= 11 is 0. The number of carbonyl (C=O) groups is 2. The van der Waals surface area contributed by atoms with E-state index in [0.29, 0.717) is 41.1 Å². The number of nitrogens with zero attached hydrogens (tertiary/aromatic N) is 2. The van der Waals surface area contributed by atoms with Gasteiger partial charge in [-0.3, -0.25) is 9.59 Å². The first kappa shape index (κ1) is 22.1. The molecule has 0 N–H and O–H groups in total. The quantitative estimate of drug-likeness (QED) is 0.627. The van der Waals surface area contributed by atoms with Gasteiger partial charge >= 0.3 is 0 Å². The van der Waals surface area contributed by atoms with E-state index in [1.807, 2.05) is 45.0 Å². The van der Waals surface area contributed by atoms with Gasteiger partial charge in [-0.05, 0) is 62.3 Å². The lowest BCUT2D eigenvalue weighted by atomic mass is 9.90. The third kappa shape index (κ3) is 3.92. The summed E-state index contributed by atoms with van der Waals surface area (Å²) in [4.78, 5) is 31.2. The van der Waals surface area contributed by atoms with Crippen molar-refractivity contribution in [2.24, 2.45) is 11.8 Å². The molecule has 2 aromatic carbocycles. The van der Waals surface area contributed by atoms with Crippen molar-refractivity contribution in [2.75, 3.05) is 24.6 Å². The first-order chi connectivity index (χ1) is 15.3. The molecular weight excluding hydrogens is 400 g/mol. The smallest absolute Gasteiger partial charge is 0.282 e. The lowest BCUT2D eigenvalue weighted by molar-refractivity contribution is -0.120. The number of hydrogen-bond donors (Lipinski definition) is 0. The van der Waals surface area contributed by atoms with Crippen molar-refractivity contribution in [1.29, 1.82) is 0 Å². The Kier molecular flexibility index (Phi) is 6.09. The third-order valence-corrected chi connectivity index (χ3v) is 6.30. The number of imide groups is 1. The van der Waals surface area contributed by atoms with Crippen molar-refractivity contribution in [3.05, 3.63) is 64.9 Å². The Bertz CT molecular complexity index is 1080. The van der Waals surface area contributed by atoms with Gasteiger partial charge in [0.25, 0.3) is 11.8 Å². The molecule has 5 nitrogen and oxygen atoms in total. The SMILES string of the molecule is CCOc1ccccc1N1C(=O)C(c2ccc(C)cc2C)=C(N2CC(C)CC(C)C2)C1=O. The van der Waals surface area contributed by atoms with Crippen LogP contribution in [0.5, 0.6) is 5.75 Å². The lowest BCUT2D eigenvalue weighted by Crippen LogP contribution is -2.42. The maximum Gasteiger partial charge on any atom is 0.282 e. The summed E-state index contributed by atoms with van der Waals surface area (Å²) in [6, 6.07) is 13.3. The molecule has 0 spiro atoms. The number of anilines is 1. The average molecular weight is 433 g/mol. The Morgan fingerprint density at radius 3 is 2.31 bits per heavy atom. The predicted octanol–water partition coefficient (Wildman–Crippen LogP) is 4.96. The fourth-order valence-corrected chi connectivity index (χ4v) is 5.13. The van der Waals surface area contributed by atoms with Gasteiger partial charge in [0.1, 0.15) is 11.4 Å². The third-order valence-electron chi connectivity index (χ3n) is 6.30. The van der Waals surface area contributed by atoms with E-state index in [4.69, 9.17) is 4.74 Å². The summed E-state index contributed by atoms with van der Waals surface area (Å²) in [5.41, 5.74) is 4.47. The van der Waals surface area contributed by atoms with Gasteiger partial charge in [0.15, 0.2) is 0 Å². The molecule has 0 bridgehead atoms. The van der Waals surface area contributed by atoms with Crippen molar-refractivity contribution in [1.82, 2.24) is 4.90 Å². The highest BCUT2D eigenvalue weighted by Crippen LogP contribution is 2.40. The summed E-state index contributed by atoms with van der Waals surface area (Å²) in [6.07, 6.45) is 1.13. The molecule has 0 aliphatic carbocycles. The molecule has 0 radical (unpaired) electrons. The summed E-state index contributed by atoms with van der Waals surface area (Å²) in [5.74, 6) is 0.908. The molecule has 2 atom stereocenters. The summed E-state index contributed by atoms with van der Waals surface area (Å²) < 4.78 is 5.76. The van der Waals surface area contributed by atoms with Crippen LogP contribution in [-0.4, -0.2) is 36.4 Å². The number of likely N-dealkylation sites (tertiary alicyclic amines) is 1. The van der Waals surface area contributed by atoms with Gasteiger partial charge in [0.2, 0.25) is 0 Å². The molecule has 168 valence electrons. The van der Waals surface area contributed by atoms with Gasteiger partial charge in [0.05, 0.1) is 17.9 Å². The minimum atomic E-state index is -0.282. The molecule has 2 amide bonds. The van der Waals surface area contributed by atoms with Crippen molar-refractivity contribution in [3.8, 4) is 5.75 Å². The number of para-hydroxylation sites is 2. The first-order valence-corrected chi connectivity index (χ1v) is 11.5. The van der Waals surface area contributed by atoms with E-state index in [-0.39, 0.29) is 11.8 Å². The van der Waals surface area contributed by atoms with Gasteiger partial charge in [0, 0.05) is 13.1 Å². The lowest BCUT2D eigenvalue weighted by Gasteiger charge is -2.37. The average Bonchev–Trinajstić information content (AvgIpc) is 2.98. The Balaban J connectivity index is 1.88. The molecule has 32 heavy (non-hydrogen) atoms. The maximum absolute atomic E-state index is 13.9. The van der Waals surface area contributed by atoms with Crippen molar-refractivity contribution in [3.63, 3.8) is 0 Å². The van der Waals surface area contributed by atoms with Gasteiger partial charge in [-0.1, -0.05) is 49.7 Å². The van der Waals surface area contributed by atoms with Crippen LogP contribution in [0.3, 0.4) is 0 Å². The van der Waals surface area contributed by atoms with E-state index < -0.39 is 0 Å². The Labute approximate surface area is 190 Å². The zero-order valence-electron chi connectivity index (χ0n) is 19.6. The van der Waals surface area contributed by atoms with Crippen molar-refractivity contribution < 1.29 is 14.3 Å². The maximum atomic E-state index is 13.9. The van der Waals surface area contributed by atoms with E-state index in [9.17, 15) is 9.59 Å². The van der Waals surface area contributed by atoms with Gasteiger partial charge in [-0.2, -0.15) is 0 Å². The van der Waals surface area contributed by atoms with Crippen molar-refractivity contribution in [2.45, 2.75) is 41.0 Å². The second kappa shape index (κ2) is 8.81. The number of amides is 2. The molecule has 0 aromatic heterocycles. The number of piperidine rings is 1. The van der Waals surface area contributed by atoms with Crippen LogP contribution in [0.1, 0.15) is 43.9 Å². The van der Waals surface area contributed by atoms with Gasteiger partial charge in [-0.25, -0.2) is 4.90 Å². The Morgan fingerprint density at radius 1 is 0.969 bits per heavy atom. The highest BCUT2D eigenvalue weighted by Gasteiger charge is 2.44. The van der Waals surface area contributed by atoms with E-state index >= 15 is 0 Å². The zero-order chi connectivity index (χ0) is 23.0. The number of rotatable bonds is 5. The highest BCUT2D eigenvalue weighted by molar-refractivity contribution is 6.45.